The number of hydrogen-bond acceptors (Lipinski definition) is 2. The molecule has 24 heavy (non-hydrogen) atoms. The Bertz CT molecular complexity index is 724. The van der Waals surface area contributed by atoms with Crippen molar-refractivity contribution in [2.24, 2.45) is 0 Å². The molecule has 0 saturated heterocycles. The van der Waals surface area contributed by atoms with Gasteiger partial charge < -0.3 is 15.4 Å². The summed E-state index contributed by atoms with van der Waals surface area (Å²) in [5.74, 6) is -1.23. The molecule has 3 N–H and O–H groups in total. The number of carboxylic acids is 1. The molecule has 0 radical (unpaired) electrons. The second kappa shape index (κ2) is 6.91. The van der Waals surface area contributed by atoms with Crippen molar-refractivity contribution in [2.45, 2.75) is 45.6 Å². The number of carbonyl (C=O) groups is 2. The highest BCUT2D eigenvalue weighted by molar-refractivity contribution is 5.95. The summed E-state index contributed by atoms with van der Waals surface area (Å²) in [4.78, 5) is 26.5. The fourth-order valence-electron chi connectivity index (χ4n) is 2.56. The predicted octanol–water partition coefficient (Wildman–Crippen LogP) is 3.57. The third-order valence-electron chi connectivity index (χ3n) is 4.06. The molecular weight excluding hydrogens is 304 g/mol. The lowest BCUT2D eigenvalue weighted by molar-refractivity contribution is -0.137. The van der Waals surface area contributed by atoms with Crippen LogP contribution in [0.1, 0.15) is 60.3 Å². The van der Waals surface area contributed by atoms with Crippen LogP contribution < -0.4 is 5.32 Å². The molecule has 0 aliphatic heterocycles. The van der Waals surface area contributed by atoms with Crippen molar-refractivity contribution in [3.05, 3.63) is 58.9 Å². The van der Waals surface area contributed by atoms with Crippen LogP contribution in [0.4, 0.5) is 0 Å². The average molecular weight is 328 g/mol. The summed E-state index contributed by atoms with van der Waals surface area (Å²) in [6.07, 6.45) is 3.19. The molecule has 0 saturated carbocycles. The number of amides is 1. The Hall–Kier alpha value is -2.56. The number of aromatic amines is 1. The lowest BCUT2D eigenvalue weighted by atomic mass is 9.86. The van der Waals surface area contributed by atoms with E-state index in [-0.39, 0.29) is 17.7 Å². The Balaban J connectivity index is 2.23. The first-order valence-electron chi connectivity index (χ1n) is 7.95. The van der Waals surface area contributed by atoms with Crippen LogP contribution in [0.25, 0.3) is 0 Å². The zero-order valence-corrected chi connectivity index (χ0v) is 14.5. The van der Waals surface area contributed by atoms with Gasteiger partial charge in [0.05, 0.1) is 18.0 Å². The van der Waals surface area contributed by atoms with Crippen molar-refractivity contribution in [1.29, 1.82) is 0 Å². The van der Waals surface area contributed by atoms with Crippen molar-refractivity contribution in [2.75, 3.05) is 0 Å². The highest BCUT2D eigenvalue weighted by Gasteiger charge is 2.21. The Morgan fingerprint density at radius 2 is 1.79 bits per heavy atom. The molecular formula is C19H24N2O3. The standard InChI is InChI=1S/C19H24N2O3/c1-12-10-20-11-15(12)18(24)21-16(9-17(22)23)13-5-7-14(8-6-13)19(2,3)4/h5-8,10-11,16,20H,9H2,1-4H3,(H,21,24)(H,22,23). The number of aliphatic carboxylic acids is 1. The van der Waals surface area contributed by atoms with Crippen molar-refractivity contribution in [1.82, 2.24) is 10.3 Å². The number of carbonyl (C=O) groups excluding carboxylic acids is 1. The van der Waals surface area contributed by atoms with Crippen molar-refractivity contribution < 1.29 is 14.7 Å². The highest BCUT2D eigenvalue weighted by Crippen LogP contribution is 2.25. The van der Waals surface area contributed by atoms with Gasteiger partial charge in [0.1, 0.15) is 0 Å². The van der Waals surface area contributed by atoms with E-state index in [2.05, 4.69) is 31.1 Å². The Morgan fingerprint density at radius 1 is 1.17 bits per heavy atom. The molecule has 0 fully saturated rings. The number of benzene rings is 1. The quantitative estimate of drug-likeness (QED) is 0.785. The molecule has 1 aromatic carbocycles. The zero-order chi connectivity index (χ0) is 17.9. The highest BCUT2D eigenvalue weighted by atomic mass is 16.4. The lowest BCUT2D eigenvalue weighted by Gasteiger charge is -2.22. The molecule has 5 nitrogen and oxygen atoms in total. The average Bonchev–Trinajstić information content (AvgIpc) is 2.91. The van der Waals surface area contributed by atoms with Gasteiger partial charge in [-0.15, -0.1) is 0 Å². The van der Waals surface area contributed by atoms with Gasteiger partial charge in [-0.1, -0.05) is 45.0 Å². The maximum absolute atomic E-state index is 12.4. The van der Waals surface area contributed by atoms with E-state index in [9.17, 15) is 9.59 Å². The maximum atomic E-state index is 12.4. The molecule has 0 bridgehead atoms. The summed E-state index contributed by atoms with van der Waals surface area (Å²) < 4.78 is 0. The number of H-pyrrole nitrogens is 1. The van der Waals surface area contributed by atoms with Crippen LogP contribution in [0.15, 0.2) is 36.7 Å². The predicted molar refractivity (Wildman–Crippen MR) is 93.1 cm³/mol. The second-order valence-corrected chi connectivity index (χ2v) is 7.05. The van der Waals surface area contributed by atoms with Gasteiger partial charge in [0.25, 0.3) is 5.91 Å². The van der Waals surface area contributed by atoms with E-state index in [1.54, 1.807) is 12.4 Å². The van der Waals surface area contributed by atoms with Crippen molar-refractivity contribution in [3.8, 4) is 0 Å². The van der Waals surface area contributed by atoms with Gasteiger partial charge in [0, 0.05) is 12.4 Å². The number of aryl methyl sites for hydroxylation is 1. The largest absolute Gasteiger partial charge is 0.481 e. The van der Waals surface area contributed by atoms with Crippen LogP contribution in [0.3, 0.4) is 0 Å². The maximum Gasteiger partial charge on any atom is 0.305 e. The number of carboxylic acid groups (broad SMARTS) is 1. The normalized spacial score (nSPS) is 12.7. The third kappa shape index (κ3) is 4.25. The summed E-state index contributed by atoms with van der Waals surface area (Å²) in [6.45, 7) is 8.18. The van der Waals surface area contributed by atoms with Gasteiger partial charge in [-0.05, 0) is 29.0 Å². The van der Waals surface area contributed by atoms with Crippen LogP contribution >= 0.6 is 0 Å². The van der Waals surface area contributed by atoms with Crippen LogP contribution in [0.2, 0.25) is 0 Å². The first kappa shape index (κ1) is 17.8. The smallest absolute Gasteiger partial charge is 0.305 e. The van der Waals surface area contributed by atoms with E-state index < -0.39 is 12.0 Å². The number of aromatic nitrogens is 1. The first-order valence-corrected chi connectivity index (χ1v) is 7.95. The van der Waals surface area contributed by atoms with Crippen molar-refractivity contribution in [3.63, 3.8) is 0 Å². The number of rotatable bonds is 5. The molecule has 0 spiro atoms. The van der Waals surface area contributed by atoms with E-state index >= 15 is 0 Å². The zero-order valence-electron chi connectivity index (χ0n) is 14.5. The second-order valence-electron chi connectivity index (χ2n) is 7.05. The molecule has 0 aliphatic rings. The van der Waals surface area contributed by atoms with E-state index in [1.165, 1.54) is 0 Å². The first-order chi connectivity index (χ1) is 11.2. The molecule has 1 amide bonds. The summed E-state index contributed by atoms with van der Waals surface area (Å²) in [6, 6.07) is 7.17. The van der Waals surface area contributed by atoms with Crippen LogP contribution in [-0.4, -0.2) is 22.0 Å². The molecule has 2 rings (SSSR count). The van der Waals surface area contributed by atoms with Gasteiger partial charge in [-0.25, -0.2) is 0 Å². The van der Waals surface area contributed by atoms with Gasteiger partial charge in [0.2, 0.25) is 0 Å². The molecule has 128 valence electrons. The molecule has 0 aliphatic carbocycles. The fraction of sp³-hybridized carbons (Fsp3) is 0.368. The van der Waals surface area contributed by atoms with Crippen LogP contribution in [0, 0.1) is 6.92 Å². The topological polar surface area (TPSA) is 82.2 Å². The Labute approximate surface area is 142 Å². The van der Waals surface area contributed by atoms with Gasteiger partial charge >= 0.3 is 5.97 Å². The summed E-state index contributed by atoms with van der Waals surface area (Å²) in [5.41, 5.74) is 3.31. The molecule has 1 atom stereocenters. The number of hydrogen-bond donors (Lipinski definition) is 3. The fourth-order valence-corrected chi connectivity index (χ4v) is 2.56. The van der Waals surface area contributed by atoms with Crippen molar-refractivity contribution >= 4 is 11.9 Å². The summed E-state index contributed by atoms with van der Waals surface area (Å²) in [7, 11) is 0. The van der Waals surface area contributed by atoms with E-state index in [0.29, 0.717) is 5.56 Å². The van der Waals surface area contributed by atoms with E-state index in [4.69, 9.17) is 5.11 Å². The molecule has 2 aromatic rings. The summed E-state index contributed by atoms with van der Waals surface area (Å²) >= 11 is 0. The minimum atomic E-state index is -0.953. The third-order valence-corrected chi connectivity index (χ3v) is 4.06. The molecule has 1 aromatic heterocycles. The van der Waals surface area contributed by atoms with Gasteiger partial charge in [-0.3, -0.25) is 9.59 Å². The van der Waals surface area contributed by atoms with Gasteiger partial charge in [0.15, 0.2) is 0 Å². The van der Waals surface area contributed by atoms with Crippen LogP contribution in [-0.2, 0) is 10.2 Å². The monoisotopic (exact) mass is 328 g/mol. The molecule has 5 heteroatoms. The summed E-state index contributed by atoms with van der Waals surface area (Å²) in [5, 5.41) is 12.0. The van der Waals surface area contributed by atoms with E-state index in [1.807, 2.05) is 31.2 Å². The lowest BCUT2D eigenvalue weighted by Crippen LogP contribution is -2.30. The number of nitrogens with one attached hydrogen (secondary N) is 2. The Morgan fingerprint density at radius 3 is 2.25 bits per heavy atom. The molecule has 1 unspecified atom stereocenters. The minimum absolute atomic E-state index is 0.0201. The molecule has 1 heterocycles. The Kier molecular flexibility index (Phi) is 5.12. The van der Waals surface area contributed by atoms with Gasteiger partial charge in [-0.2, -0.15) is 0 Å². The van der Waals surface area contributed by atoms with Crippen LogP contribution in [0.5, 0.6) is 0 Å². The van der Waals surface area contributed by atoms with E-state index in [0.717, 1.165) is 16.7 Å². The SMILES string of the molecule is Cc1c[nH]cc1C(=O)NC(CC(=O)O)c1ccc(C(C)(C)C)cc1. The minimum Gasteiger partial charge on any atom is -0.481 e.